The normalized spacial score (nSPS) is 14.1. The van der Waals surface area contributed by atoms with Gasteiger partial charge in [-0.3, -0.25) is 4.79 Å². The van der Waals surface area contributed by atoms with Crippen molar-refractivity contribution in [1.29, 1.82) is 0 Å². The maximum absolute atomic E-state index is 13.0. The van der Waals surface area contributed by atoms with Crippen LogP contribution in [0.15, 0.2) is 47.0 Å². The molecule has 1 aliphatic carbocycles. The minimum absolute atomic E-state index is 0.0859. The van der Waals surface area contributed by atoms with Crippen LogP contribution >= 0.6 is 11.6 Å². The van der Waals surface area contributed by atoms with Crippen LogP contribution in [0.1, 0.15) is 24.1 Å². The highest BCUT2D eigenvalue weighted by atomic mass is 35.5. The number of rotatable bonds is 8. The maximum Gasteiger partial charge on any atom is 0.232 e. The van der Waals surface area contributed by atoms with Gasteiger partial charge < -0.3 is 24.1 Å². The first-order chi connectivity index (χ1) is 15.0. The van der Waals surface area contributed by atoms with E-state index in [-0.39, 0.29) is 5.91 Å². The summed E-state index contributed by atoms with van der Waals surface area (Å²) in [6.07, 6.45) is 1.45. The monoisotopic (exact) mass is 442 g/mol. The zero-order valence-corrected chi connectivity index (χ0v) is 18.3. The third kappa shape index (κ3) is 4.05. The van der Waals surface area contributed by atoms with Crippen LogP contribution in [0, 0.1) is 0 Å². The van der Waals surface area contributed by atoms with E-state index in [1.165, 1.54) is 0 Å². The molecule has 1 aliphatic rings. The number of ether oxygens (including phenoxy) is 3. The highest BCUT2D eigenvalue weighted by molar-refractivity contribution is 6.30. The number of carbonyl (C=O) groups is 1. The number of methoxy groups -OCH3 is 3. The molecule has 3 aromatic rings. The molecule has 0 bridgehead atoms. The number of hydrogen-bond acceptors (Lipinski definition) is 6. The first-order valence-electron chi connectivity index (χ1n) is 9.81. The molecule has 1 N–H and O–H groups in total. The van der Waals surface area contributed by atoms with Crippen LogP contribution in [0.3, 0.4) is 0 Å². The van der Waals surface area contributed by atoms with Crippen molar-refractivity contribution in [3.63, 3.8) is 0 Å². The molecule has 0 radical (unpaired) electrons. The zero-order valence-electron chi connectivity index (χ0n) is 17.5. The van der Waals surface area contributed by atoms with E-state index in [4.69, 9.17) is 30.3 Å². The van der Waals surface area contributed by atoms with E-state index in [9.17, 15) is 4.79 Å². The second-order valence-corrected chi connectivity index (χ2v) is 7.82. The van der Waals surface area contributed by atoms with Crippen LogP contribution < -0.4 is 19.5 Å². The van der Waals surface area contributed by atoms with Gasteiger partial charge in [0.25, 0.3) is 0 Å². The average Bonchev–Trinajstić information content (AvgIpc) is 3.46. The van der Waals surface area contributed by atoms with Gasteiger partial charge in [-0.05, 0) is 54.8 Å². The molecule has 0 atom stereocenters. The van der Waals surface area contributed by atoms with Crippen LogP contribution in [-0.2, 0) is 16.8 Å². The molecule has 0 spiro atoms. The van der Waals surface area contributed by atoms with Gasteiger partial charge in [0, 0.05) is 23.2 Å². The first kappa shape index (κ1) is 21.1. The molecular formula is C23H23ClN2O5. The van der Waals surface area contributed by atoms with Crippen molar-refractivity contribution < 1.29 is 23.5 Å². The van der Waals surface area contributed by atoms with Gasteiger partial charge in [-0.15, -0.1) is 0 Å². The summed E-state index contributed by atoms with van der Waals surface area (Å²) in [5, 5.41) is 7.83. The van der Waals surface area contributed by atoms with Crippen LogP contribution in [0.5, 0.6) is 17.2 Å². The Hall–Kier alpha value is -3.19. The topological polar surface area (TPSA) is 82.8 Å². The Kier molecular flexibility index (Phi) is 5.78. The van der Waals surface area contributed by atoms with Crippen molar-refractivity contribution >= 4 is 17.5 Å². The Labute approximate surface area is 185 Å². The van der Waals surface area contributed by atoms with Gasteiger partial charge in [0.05, 0.1) is 32.4 Å². The van der Waals surface area contributed by atoms with Crippen LogP contribution in [-0.4, -0.2) is 32.4 Å². The quantitative estimate of drug-likeness (QED) is 0.557. The molecule has 0 aliphatic heterocycles. The Bertz CT molecular complexity index is 1060. The Balaban J connectivity index is 1.49. The Morgan fingerprint density at radius 3 is 2.26 bits per heavy atom. The molecule has 0 saturated heterocycles. The molecule has 31 heavy (non-hydrogen) atoms. The molecule has 0 unspecified atom stereocenters. The second kappa shape index (κ2) is 8.51. The standard InChI is InChI=1S/C23H23ClN2O5/c1-28-18-10-14(11-19(29-2)21(18)30-3)13-25-22(27)23(8-9-23)20-12-17(31-26-20)15-4-6-16(24)7-5-15/h4-7,10-12H,8-9,13H2,1-3H3,(H,25,27). The minimum Gasteiger partial charge on any atom is -0.493 e. The van der Waals surface area contributed by atoms with Crippen molar-refractivity contribution in [2.45, 2.75) is 24.8 Å². The molecule has 1 amide bonds. The molecule has 162 valence electrons. The third-order valence-corrected chi connectivity index (χ3v) is 5.74. The SMILES string of the molecule is COc1cc(CNC(=O)C2(c3cc(-c4ccc(Cl)cc4)on3)CC2)cc(OC)c1OC. The maximum atomic E-state index is 13.0. The summed E-state index contributed by atoms with van der Waals surface area (Å²) in [6.45, 7) is 0.319. The lowest BCUT2D eigenvalue weighted by Crippen LogP contribution is -2.34. The van der Waals surface area contributed by atoms with Crippen molar-refractivity contribution in [3.05, 3.63) is 58.7 Å². The van der Waals surface area contributed by atoms with E-state index in [0.717, 1.165) is 24.0 Å². The number of carbonyl (C=O) groups excluding carboxylic acids is 1. The second-order valence-electron chi connectivity index (χ2n) is 7.38. The van der Waals surface area contributed by atoms with Gasteiger partial charge in [-0.1, -0.05) is 16.8 Å². The number of hydrogen-bond donors (Lipinski definition) is 1. The summed E-state index contributed by atoms with van der Waals surface area (Å²) >= 11 is 5.95. The highest BCUT2D eigenvalue weighted by Gasteiger charge is 2.53. The molecule has 1 heterocycles. The Morgan fingerprint density at radius 2 is 1.71 bits per heavy atom. The first-order valence-corrected chi connectivity index (χ1v) is 10.2. The van der Waals surface area contributed by atoms with E-state index in [1.807, 2.05) is 30.3 Å². The smallest absolute Gasteiger partial charge is 0.232 e. The summed E-state index contributed by atoms with van der Waals surface area (Å²) < 4.78 is 21.6. The van der Waals surface area contributed by atoms with Crippen molar-refractivity contribution in [2.75, 3.05) is 21.3 Å². The van der Waals surface area contributed by atoms with E-state index >= 15 is 0 Å². The van der Waals surface area contributed by atoms with E-state index in [2.05, 4.69) is 10.5 Å². The molecule has 1 aromatic heterocycles. The van der Waals surface area contributed by atoms with Crippen molar-refractivity contribution in [3.8, 4) is 28.6 Å². The zero-order chi connectivity index (χ0) is 22.0. The molecule has 7 nitrogen and oxygen atoms in total. The van der Waals surface area contributed by atoms with Gasteiger partial charge in [-0.25, -0.2) is 0 Å². The molecular weight excluding hydrogens is 420 g/mol. The van der Waals surface area contributed by atoms with Gasteiger partial charge in [0.1, 0.15) is 0 Å². The molecule has 4 rings (SSSR count). The molecule has 1 saturated carbocycles. The van der Waals surface area contributed by atoms with Gasteiger partial charge in [-0.2, -0.15) is 0 Å². The fourth-order valence-corrected chi connectivity index (χ4v) is 3.69. The van der Waals surface area contributed by atoms with Gasteiger partial charge in [0.2, 0.25) is 11.7 Å². The number of aromatic nitrogens is 1. The number of benzene rings is 2. The number of halogens is 1. The highest BCUT2D eigenvalue weighted by Crippen LogP contribution is 2.48. The lowest BCUT2D eigenvalue weighted by Gasteiger charge is -2.16. The molecule has 2 aromatic carbocycles. The minimum atomic E-state index is -0.658. The number of amides is 1. The van der Waals surface area contributed by atoms with E-state index in [0.29, 0.717) is 40.3 Å². The van der Waals surface area contributed by atoms with Crippen molar-refractivity contribution in [2.24, 2.45) is 0 Å². The fraction of sp³-hybridized carbons (Fsp3) is 0.304. The largest absolute Gasteiger partial charge is 0.493 e. The Morgan fingerprint density at radius 1 is 1.06 bits per heavy atom. The van der Waals surface area contributed by atoms with Gasteiger partial charge >= 0.3 is 0 Å². The number of nitrogens with zero attached hydrogens (tertiary/aromatic N) is 1. The predicted molar refractivity (Wildman–Crippen MR) is 116 cm³/mol. The summed E-state index contributed by atoms with van der Waals surface area (Å²) in [7, 11) is 4.66. The van der Waals surface area contributed by atoms with E-state index < -0.39 is 5.41 Å². The molecule has 1 fully saturated rings. The number of nitrogens with one attached hydrogen (secondary N) is 1. The summed E-state index contributed by atoms with van der Waals surface area (Å²) in [5.74, 6) is 2.11. The van der Waals surface area contributed by atoms with Crippen LogP contribution in [0.25, 0.3) is 11.3 Å². The predicted octanol–water partition coefficient (Wildman–Crippen LogP) is 4.37. The fourth-order valence-electron chi connectivity index (χ4n) is 3.56. The third-order valence-electron chi connectivity index (χ3n) is 5.49. The van der Waals surface area contributed by atoms with Crippen molar-refractivity contribution in [1.82, 2.24) is 10.5 Å². The van der Waals surface area contributed by atoms with Crippen LogP contribution in [0.2, 0.25) is 5.02 Å². The van der Waals surface area contributed by atoms with Gasteiger partial charge in [0.15, 0.2) is 17.3 Å². The van der Waals surface area contributed by atoms with Crippen LogP contribution in [0.4, 0.5) is 0 Å². The summed E-state index contributed by atoms with van der Waals surface area (Å²) in [4.78, 5) is 13.0. The lowest BCUT2D eigenvalue weighted by molar-refractivity contribution is -0.123. The van der Waals surface area contributed by atoms with E-state index in [1.54, 1.807) is 33.5 Å². The average molecular weight is 443 g/mol. The summed E-state index contributed by atoms with van der Waals surface area (Å²) in [5.41, 5.74) is 1.67. The lowest BCUT2D eigenvalue weighted by atomic mass is 10.00. The summed E-state index contributed by atoms with van der Waals surface area (Å²) in [6, 6.07) is 12.8. The molecule has 8 heteroatoms.